The van der Waals surface area contributed by atoms with E-state index in [1.807, 2.05) is 0 Å². The van der Waals surface area contributed by atoms with Crippen molar-refractivity contribution in [3.8, 4) is 0 Å². The van der Waals surface area contributed by atoms with Gasteiger partial charge in [0.05, 0.1) is 0 Å². The van der Waals surface area contributed by atoms with Crippen LogP contribution in [0.15, 0.2) is 4.99 Å². The molecule has 0 aliphatic carbocycles. The third kappa shape index (κ3) is 2.04. The first kappa shape index (κ1) is 9.19. The summed E-state index contributed by atoms with van der Waals surface area (Å²) in [4.78, 5) is 14.9. The van der Waals surface area contributed by atoms with Crippen LogP contribution in [-0.2, 0) is 4.79 Å². The lowest BCUT2D eigenvalue weighted by Crippen LogP contribution is -2.42. The molecule has 1 heterocycles. The SMILES string of the molecule is CC(O)(CC1=NCCC1)C(N)=O. The van der Waals surface area contributed by atoms with Gasteiger partial charge in [-0.15, -0.1) is 0 Å². The predicted molar refractivity (Wildman–Crippen MR) is 46.0 cm³/mol. The first-order valence-electron chi connectivity index (χ1n) is 4.07. The van der Waals surface area contributed by atoms with Gasteiger partial charge in [0.15, 0.2) is 0 Å². The average Bonchev–Trinajstić information content (AvgIpc) is 2.38. The third-order valence-electron chi connectivity index (χ3n) is 2.04. The maximum Gasteiger partial charge on any atom is 0.249 e. The number of primary amides is 1. The second-order valence-corrected chi connectivity index (χ2v) is 3.37. The van der Waals surface area contributed by atoms with E-state index >= 15 is 0 Å². The Kier molecular flexibility index (Phi) is 2.47. The van der Waals surface area contributed by atoms with E-state index in [-0.39, 0.29) is 6.42 Å². The van der Waals surface area contributed by atoms with Crippen molar-refractivity contribution in [2.24, 2.45) is 10.7 Å². The summed E-state index contributed by atoms with van der Waals surface area (Å²) >= 11 is 0. The molecule has 1 unspecified atom stereocenters. The quantitative estimate of drug-likeness (QED) is 0.618. The highest BCUT2D eigenvalue weighted by atomic mass is 16.3. The summed E-state index contributed by atoms with van der Waals surface area (Å²) in [6.07, 6.45) is 2.18. The summed E-state index contributed by atoms with van der Waals surface area (Å²) in [6.45, 7) is 2.24. The van der Waals surface area contributed by atoms with Gasteiger partial charge in [-0.25, -0.2) is 0 Å². The summed E-state index contributed by atoms with van der Waals surface area (Å²) in [5, 5.41) is 9.50. The Hall–Kier alpha value is -0.900. The number of hydrogen-bond donors (Lipinski definition) is 2. The molecule has 0 aromatic carbocycles. The van der Waals surface area contributed by atoms with Crippen molar-refractivity contribution in [1.82, 2.24) is 0 Å². The van der Waals surface area contributed by atoms with Gasteiger partial charge >= 0.3 is 0 Å². The fourth-order valence-corrected chi connectivity index (χ4v) is 1.23. The molecule has 12 heavy (non-hydrogen) atoms. The summed E-state index contributed by atoms with van der Waals surface area (Å²) < 4.78 is 0. The van der Waals surface area contributed by atoms with Crippen LogP contribution in [0.2, 0.25) is 0 Å². The molecule has 0 radical (unpaired) electrons. The van der Waals surface area contributed by atoms with Crippen molar-refractivity contribution in [2.75, 3.05) is 6.54 Å². The molecule has 0 aromatic heterocycles. The number of carbonyl (C=O) groups excluding carboxylic acids is 1. The highest BCUT2D eigenvalue weighted by Gasteiger charge is 2.29. The number of aliphatic imine (C=N–C) groups is 1. The number of carbonyl (C=O) groups is 1. The molecule has 0 saturated heterocycles. The van der Waals surface area contributed by atoms with Crippen LogP contribution < -0.4 is 5.73 Å². The second-order valence-electron chi connectivity index (χ2n) is 3.37. The van der Waals surface area contributed by atoms with Crippen LogP contribution in [0.5, 0.6) is 0 Å². The number of rotatable bonds is 3. The monoisotopic (exact) mass is 170 g/mol. The van der Waals surface area contributed by atoms with Gasteiger partial charge in [-0.3, -0.25) is 9.79 Å². The zero-order valence-electron chi connectivity index (χ0n) is 7.21. The van der Waals surface area contributed by atoms with Crippen molar-refractivity contribution in [1.29, 1.82) is 0 Å². The summed E-state index contributed by atoms with van der Waals surface area (Å²) in [5.41, 5.74) is 4.48. The largest absolute Gasteiger partial charge is 0.380 e. The molecule has 1 aliphatic heterocycles. The van der Waals surface area contributed by atoms with Gasteiger partial charge in [-0.05, 0) is 19.8 Å². The number of amides is 1. The lowest BCUT2D eigenvalue weighted by atomic mass is 9.97. The summed E-state index contributed by atoms with van der Waals surface area (Å²) in [6, 6.07) is 0. The van der Waals surface area contributed by atoms with Crippen LogP contribution in [0.3, 0.4) is 0 Å². The molecule has 0 fully saturated rings. The van der Waals surface area contributed by atoms with E-state index in [0.717, 1.165) is 25.1 Å². The topological polar surface area (TPSA) is 75.7 Å². The first-order chi connectivity index (χ1) is 5.52. The van der Waals surface area contributed by atoms with Crippen molar-refractivity contribution < 1.29 is 9.90 Å². The number of aliphatic hydroxyl groups is 1. The van der Waals surface area contributed by atoms with Crippen molar-refractivity contribution in [3.63, 3.8) is 0 Å². The Balaban J connectivity index is 2.54. The zero-order chi connectivity index (χ0) is 9.19. The molecule has 4 nitrogen and oxygen atoms in total. The maximum absolute atomic E-state index is 10.7. The normalized spacial score (nSPS) is 21.7. The Labute approximate surface area is 71.5 Å². The minimum atomic E-state index is -1.43. The molecule has 1 rings (SSSR count). The van der Waals surface area contributed by atoms with Crippen molar-refractivity contribution in [3.05, 3.63) is 0 Å². The highest BCUT2D eigenvalue weighted by molar-refractivity contribution is 5.93. The van der Waals surface area contributed by atoms with Gasteiger partial charge in [0.25, 0.3) is 0 Å². The molecule has 0 bridgehead atoms. The zero-order valence-corrected chi connectivity index (χ0v) is 7.21. The standard InChI is InChI=1S/C8H14N2O2/c1-8(12,7(9)11)5-6-3-2-4-10-6/h12H,2-5H2,1H3,(H2,9,11). The third-order valence-corrected chi connectivity index (χ3v) is 2.04. The fourth-order valence-electron chi connectivity index (χ4n) is 1.23. The molecule has 0 spiro atoms. The van der Waals surface area contributed by atoms with Gasteiger partial charge in [-0.2, -0.15) is 0 Å². The molecule has 0 saturated carbocycles. The van der Waals surface area contributed by atoms with Crippen LogP contribution in [0, 0.1) is 0 Å². The van der Waals surface area contributed by atoms with E-state index in [2.05, 4.69) is 4.99 Å². The Morgan fingerprint density at radius 3 is 2.92 bits per heavy atom. The molecular formula is C8H14N2O2. The van der Waals surface area contributed by atoms with Crippen LogP contribution in [0.4, 0.5) is 0 Å². The number of nitrogens with zero attached hydrogens (tertiary/aromatic N) is 1. The molecule has 1 aliphatic rings. The fraction of sp³-hybridized carbons (Fsp3) is 0.750. The van der Waals surface area contributed by atoms with E-state index in [9.17, 15) is 9.90 Å². The van der Waals surface area contributed by atoms with Crippen molar-refractivity contribution in [2.45, 2.75) is 31.8 Å². The minimum Gasteiger partial charge on any atom is -0.380 e. The van der Waals surface area contributed by atoms with E-state index in [4.69, 9.17) is 5.73 Å². The summed E-state index contributed by atoms with van der Waals surface area (Å²) in [7, 11) is 0. The minimum absolute atomic E-state index is 0.280. The van der Waals surface area contributed by atoms with Gasteiger partial charge < -0.3 is 10.8 Å². The van der Waals surface area contributed by atoms with Gasteiger partial charge in [0, 0.05) is 18.7 Å². The van der Waals surface area contributed by atoms with Crippen molar-refractivity contribution >= 4 is 11.6 Å². The van der Waals surface area contributed by atoms with E-state index in [1.54, 1.807) is 0 Å². The Morgan fingerprint density at radius 2 is 2.50 bits per heavy atom. The first-order valence-corrected chi connectivity index (χ1v) is 4.07. The lowest BCUT2D eigenvalue weighted by molar-refractivity contribution is -0.133. The van der Waals surface area contributed by atoms with Gasteiger partial charge in [0.2, 0.25) is 5.91 Å². The van der Waals surface area contributed by atoms with E-state index in [1.165, 1.54) is 6.92 Å². The molecule has 4 heteroatoms. The highest BCUT2D eigenvalue weighted by Crippen LogP contribution is 2.15. The van der Waals surface area contributed by atoms with Crippen LogP contribution in [-0.4, -0.2) is 28.9 Å². The Morgan fingerprint density at radius 1 is 1.83 bits per heavy atom. The lowest BCUT2D eigenvalue weighted by Gasteiger charge is -2.18. The maximum atomic E-state index is 10.7. The number of nitrogens with two attached hydrogens (primary N) is 1. The Bertz CT molecular complexity index is 221. The van der Waals surface area contributed by atoms with E-state index < -0.39 is 11.5 Å². The van der Waals surface area contributed by atoms with Crippen LogP contribution >= 0.6 is 0 Å². The van der Waals surface area contributed by atoms with Gasteiger partial charge in [0.1, 0.15) is 5.60 Å². The van der Waals surface area contributed by atoms with Crippen LogP contribution in [0.1, 0.15) is 26.2 Å². The van der Waals surface area contributed by atoms with Crippen LogP contribution in [0.25, 0.3) is 0 Å². The predicted octanol–water partition coefficient (Wildman–Crippen LogP) is -0.152. The smallest absolute Gasteiger partial charge is 0.249 e. The van der Waals surface area contributed by atoms with E-state index in [0.29, 0.717) is 0 Å². The molecule has 68 valence electrons. The molecule has 1 amide bonds. The summed E-state index contributed by atoms with van der Waals surface area (Å²) in [5.74, 6) is -0.683. The molecule has 0 aromatic rings. The molecule has 3 N–H and O–H groups in total. The number of hydrogen-bond acceptors (Lipinski definition) is 3. The van der Waals surface area contributed by atoms with Gasteiger partial charge in [-0.1, -0.05) is 0 Å². The molecular weight excluding hydrogens is 156 g/mol. The average molecular weight is 170 g/mol. The molecule has 1 atom stereocenters. The second kappa shape index (κ2) is 3.23.